The number of fused-ring (bicyclic) bond motifs is 7. The molecule has 5 heteroatoms. The van der Waals surface area contributed by atoms with Crippen molar-refractivity contribution in [1.29, 1.82) is 0 Å². The summed E-state index contributed by atoms with van der Waals surface area (Å²) < 4.78 is 26.0. The minimum Gasteiger partial charge on any atom is -0.458 e. The number of rotatable bonds is 3. The van der Waals surface area contributed by atoms with Gasteiger partial charge in [-0.1, -0.05) is 104 Å². The molecule has 3 heterocycles. The van der Waals surface area contributed by atoms with Crippen molar-refractivity contribution < 1.29 is 18.5 Å². The Hall–Kier alpha value is -5.10. The third-order valence-electron chi connectivity index (χ3n) is 11.0. The van der Waals surface area contributed by atoms with Gasteiger partial charge < -0.3 is 18.5 Å². The zero-order chi connectivity index (χ0) is 33.5. The second kappa shape index (κ2) is 10.7. The van der Waals surface area contributed by atoms with Crippen LogP contribution in [0.25, 0.3) is 33.1 Å². The van der Waals surface area contributed by atoms with Crippen molar-refractivity contribution in [2.24, 2.45) is 0 Å². The fraction of sp³-hybridized carbons (Fsp3) is 0.182. The normalized spacial score (nSPS) is 21.7. The Kier molecular flexibility index (Phi) is 6.55. The van der Waals surface area contributed by atoms with Crippen molar-refractivity contribution >= 4 is 34.5 Å². The molecule has 1 unspecified atom stereocenters. The molecule has 3 aliphatic rings. The topological polar surface area (TPSA) is 40.8 Å². The number of para-hydroxylation sites is 1. The lowest BCUT2D eigenvalue weighted by Gasteiger charge is -2.34. The molecule has 0 N–H and O–H groups in total. The van der Waals surface area contributed by atoms with Gasteiger partial charge in [0.2, 0.25) is 0 Å². The summed E-state index contributed by atoms with van der Waals surface area (Å²) in [5, 5.41) is 2.20. The lowest BCUT2D eigenvalue weighted by molar-refractivity contribution is 0.00578. The van der Waals surface area contributed by atoms with Gasteiger partial charge in [-0.3, -0.25) is 0 Å². The number of hydrogen-bond donors (Lipinski definition) is 0. The summed E-state index contributed by atoms with van der Waals surface area (Å²) in [6, 6.07) is 37.1. The number of allylic oxidation sites excluding steroid dienone is 4. The van der Waals surface area contributed by atoms with Crippen LogP contribution in [0.5, 0.6) is 5.75 Å². The van der Waals surface area contributed by atoms with E-state index >= 15 is 0 Å². The maximum absolute atomic E-state index is 6.71. The van der Waals surface area contributed by atoms with Gasteiger partial charge in [0.1, 0.15) is 22.7 Å². The maximum atomic E-state index is 6.71. The van der Waals surface area contributed by atoms with E-state index in [4.69, 9.17) is 18.5 Å². The van der Waals surface area contributed by atoms with Crippen molar-refractivity contribution in [3.63, 3.8) is 0 Å². The standard InChI is InChI=1S/C44H37BO4/c1-28-14-7-6-8-15-29-26-30(22-24-38(29)46-28)44(31-23-25-40-34(27-31)32-16-10-12-21-39(32)47-40)35-18-11-9-17-33(35)41-36(44)19-13-20-37(41)45-48-42(2,3)43(4,5)49-45/h6-14,16-27H,1,15H2,2-5H3/b8-6-,14-7-. The Labute approximate surface area is 287 Å². The van der Waals surface area contributed by atoms with Crippen LogP contribution in [-0.4, -0.2) is 18.3 Å². The van der Waals surface area contributed by atoms with Crippen LogP contribution in [0.2, 0.25) is 0 Å². The van der Waals surface area contributed by atoms with E-state index in [1.807, 2.05) is 24.3 Å². The molecule has 49 heavy (non-hydrogen) atoms. The molecule has 240 valence electrons. The smallest absolute Gasteiger partial charge is 0.458 e. The molecule has 0 radical (unpaired) electrons. The van der Waals surface area contributed by atoms with Gasteiger partial charge in [-0.25, -0.2) is 0 Å². The van der Waals surface area contributed by atoms with Crippen LogP contribution in [0.4, 0.5) is 0 Å². The molecule has 1 atom stereocenters. The third kappa shape index (κ3) is 4.39. The number of furan rings is 1. The van der Waals surface area contributed by atoms with E-state index in [1.54, 1.807) is 0 Å². The summed E-state index contributed by atoms with van der Waals surface area (Å²) >= 11 is 0. The van der Waals surface area contributed by atoms with Gasteiger partial charge in [0.05, 0.1) is 16.6 Å². The van der Waals surface area contributed by atoms with Crippen molar-refractivity contribution in [3.05, 3.63) is 168 Å². The molecule has 6 aromatic rings. The Balaban J connectivity index is 1.36. The molecule has 1 aromatic heterocycles. The Morgan fingerprint density at radius 3 is 2.24 bits per heavy atom. The second-order valence-electron chi connectivity index (χ2n) is 14.3. The van der Waals surface area contributed by atoms with Crippen LogP contribution in [0.15, 0.2) is 144 Å². The fourth-order valence-electron chi connectivity index (χ4n) is 7.95. The SMILES string of the molecule is C=C1/C=C\C=C/Cc2cc(C3(c4ccc5oc6ccccc6c5c4)c4ccccc4-c4c(B5OC(C)(C)C(C)(C)O5)cccc43)ccc2O1. The maximum Gasteiger partial charge on any atom is 0.495 e. The average Bonchev–Trinajstić information content (AvgIpc) is 3.71. The quantitative estimate of drug-likeness (QED) is 0.180. The Morgan fingerprint density at radius 2 is 1.39 bits per heavy atom. The van der Waals surface area contributed by atoms with E-state index in [2.05, 4.69) is 137 Å². The summed E-state index contributed by atoms with van der Waals surface area (Å²) in [4.78, 5) is 0. The van der Waals surface area contributed by atoms with Crippen LogP contribution in [-0.2, 0) is 21.1 Å². The van der Waals surface area contributed by atoms with Crippen molar-refractivity contribution in [2.45, 2.75) is 50.7 Å². The highest BCUT2D eigenvalue weighted by Gasteiger charge is 2.54. The van der Waals surface area contributed by atoms with Crippen molar-refractivity contribution in [3.8, 4) is 16.9 Å². The minimum absolute atomic E-state index is 0.468. The molecule has 0 spiro atoms. The van der Waals surface area contributed by atoms with Crippen LogP contribution >= 0.6 is 0 Å². The van der Waals surface area contributed by atoms with Crippen LogP contribution in [0, 0.1) is 0 Å². The zero-order valence-corrected chi connectivity index (χ0v) is 28.2. The number of hydrogen-bond acceptors (Lipinski definition) is 4. The molecule has 2 aliphatic heterocycles. The van der Waals surface area contributed by atoms with Gasteiger partial charge >= 0.3 is 7.12 Å². The zero-order valence-electron chi connectivity index (χ0n) is 28.2. The van der Waals surface area contributed by atoms with E-state index in [9.17, 15) is 0 Å². The fourth-order valence-corrected chi connectivity index (χ4v) is 7.95. The molecule has 0 bridgehead atoms. The van der Waals surface area contributed by atoms with Gasteiger partial charge in [-0.15, -0.1) is 0 Å². The van der Waals surface area contributed by atoms with Crippen molar-refractivity contribution in [1.82, 2.24) is 0 Å². The summed E-state index contributed by atoms with van der Waals surface area (Å²) in [6.07, 6.45) is 8.82. The molecule has 9 rings (SSSR count). The Bertz CT molecular complexity index is 2380. The molecule has 0 saturated carbocycles. The first-order chi connectivity index (χ1) is 23.7. The van der Waals surface area contributed by atoms with E-state index < -0.39 is 23.7 Å². The summed E-state index contributed by atoms with van der Waals surface area (Å²) in [5.74, 6) is 1.42. The van der Waals surface area contributed by atoms with Gasteiger partial charge in [-0.05, 0) is 109 Å². The molecule has 5 aromatic carbocycles. The first kappa shape index (κ1) is 30.0. The predicted molar refractivity (Wildman–Crippen MR) is 198 cm³/mol. The van der Waals surface area contributed by atoms with Crippen LogP contribution in [0.1, 0.15) is 55.5 Å². The van der Waals surface area contributed by atoms with Gasteiger partial charge in [0.15, 0.2) is 0 Å². The van der Waals surface area contributed by atoms with E-state index in [1.165, 1.54) is 16.7 Å². The Morgan fingerprint density at radius 1 is 0.673 bits per heavy atom. The van der Waals surface area contributed by atoms with Gasteiger partial charge in [0.25, 0.3) is 0 Å². The first-order valence-corrected chi connectivity index (χ1v) is 17.0. The summed E-state index contributed by atoms with van der Waals surface area (Å²) in [5.41, 5.74) is 9.36. The average molecular weight is 641 g/mol. The molecular formula is C44H37BO4. The first-order valence-electron chi connectivity index (χ1n) is 17.0. The van der Waals surface area contributed by atoms with E-state index in [-0.39, 0.29) is 0 Å². The van der Waals surface area contributed by atoms with Crippen molar-refractivity contribution in [2.75, 3.05) is 0 Å². The molecule has 0 amide bonds. The lowest BCUT2D eigenvalue weighted by Crippen LogP contribution is -2.41. The molecule has 1 fully saturated rings. The molecule has 4 nitrogen and oxygen atoms in total. The largest absolute Gasteiger partial charge is 0.495 e. The minimum atomic E-state index is -0.662. The second-order valence-corrected chi connectivity index (χ2v) is 14.3. The van der Waals surface area contributed by atoms with Crippen LogP contribution < -0.4 is 10.2 Å². The van der Waals surface area contributed by atoms with E-state index in [0.29, 0.717) is 5.76 Å². The van der Waals surface area contributed by atoms with Crippen LogP contribution in [0.3, 0.4) is 0 Å². The van der Waals surface area contributed by atoms with E-state index in [0.717, 1.165) is 61.8 Å². The monoisotopic (exact) mass is 640 g/mol. The summed E-state index contributed by atoms with van der Waals surface area (Å²) in [6.45, 7) is 12.6. The van der Waals surface area contributed by atoms with Gasteiger partial charge in [0, 0.05) is 10.8 Å². The third-order valence-corrected chi connectivity index (χ3v) is 11.0. The highest BCUT2D eigenvalue weighted by Crippen LogP contribution is 2.57. The highest BCUT2D eigenvalue weighted by atomic mass is 16.7. The van der Waals surface area contributed by atoms with Gasteiger partial charge in [-0.2, -0.15) is 0 Å². The number of benzene rings is 5. The molecular weight excluding hydrogens is 603 g/mol. The number of ether oxygens (including phenoxy) is 1. The highest BCUT2D eigenvalue weighted by molar-refractivity contribution is 6.64. The lowest BCUT2D eigenvalue weighted by atomic mass is 9.66. The molecule has 1 aliphatic carbocycles. The molecule has 1 saturated heterocycles. The summed E-state index contributed by atoms with van der Waals surface area (Å²) in [7, 11) is -0.513. The predicted octanol–water partition coefficient (Wildman–Crippen LogP) is 9.81.